The molecule has 1 heterocycles. The molecule has 1 aliphatic heterocycles. The van der Waals surface area contributed by atoms with Crippen LogP contribution in [0.5, 0.6) is 0 Å². The lowest BCUT2D eigenvalue weighted by Crippen LogP contribution is -2.65. The van der Waals surface area contributed by atoms with Gasteiger partial charge in [0.1, 0.15) is 11.5 Å². The monoisotopic (exact) mass is 170 g/mol. The number of amides is 1. The number of primary amides is 1. The smallest absolute Gasteiger partial charge is 0.228 e. The maximum absolute atomic E-state index is 11.4. The van der Waals surface area contributed by atoms with E-state index in [1.54, 1.807) is 0 Å². The van der Waals surface area contributed by atoms with Crippen LogP contribution in [-0.4, -0.2) is 30.6 Å². The van der Waals surface area contributed by atoms with E-state index < -0.39 is 17.4 Å². The molecule has 0 aromatic rings. The summed E-state index contributed by atoms with van der Waals surface area (Å²) >= 11 is 0. The third kappa shape index (κ3) is 0.804. The van der Waals surface area contributed by atoms with Crippen LogP contribution in [0.25, 0.3) is 0 Å². The second-order valence-electron chi connectivity index (χ2n) is 3.28. The van der Waals surface area contributed by atoms with Crippen LogP contribution in [0, 0.1) is 5.92 Å². The quantitative estimate of drug-likeness (QED) is 0.463. The predicted molar refractivity (Wildman–Crippen MR) is 39.0 cm³/mol. The number of carbonyl (C=O) groups is 2. The molecule has 0 aromatic heterocycles. The summed E-state index contributed by atoms with van der Waals surface area (Å²) < 4.78 is 5.02. The van der Waals surface area contributed by atoms with Crippen molar-refractivity contribution in [1.82, 2.24) is 5.32 Å². The standard InChI is InChI=1S/C7H10N2O3/c8-6(11)4-1-7(5(4)10)2-12-3-9-7/h4,9H,1-3H2,(H2,8,11). The van der Waals surface area contributed by atoms with E-state index in [1.807, 2.05) is 0 Å². The molecule has 0 bridgehead atoms. The number of carbonyl (C=O) groups excluding carboxylic acids is 2. The van der Waals surface area contributed by atoms with E-state index in [9.17, 15) is 9.59 Å². The molecule has 0 aromatic carbocycles. The van der Waals surface area contributed by atoms with Crippen LogP contribution in [0.1, 0.15) is 6.42 Å². The Kier molecular flexibility index (Phi) is 1.46. The number of hydrogen-bond acceptors (Lipinski definition) is 4. The van der Waals surface area contributed by atoms with Crippen LogP contribution < -0.4 is 11.1 Å². The summed E-state index contributed by atoms with van der Waals surface area (Å²) in [6.07, 6.45) is 0.487. The minimum absolute atomic E-state index is 0.118. The Hall–Kier alpha value is -0.940. The predicted octanol–water partition coefficient (Wildman–Crippen LogP) is -1.62. The highest BCUT2D eigenvalue weighted by molar-refractivity contribution is 6.10. The average molecular weight is 170 g/mol. The van der Waals surface area contributed by atoms with Gasteiger partial charge < -0.3 is 10.5 Å². The van der Waals surface area contributed by atoms with E-state index in [-0.39, 0.29) is 5.78 Å². The zero-order valence-electron chi connectivity index (χ0n) is 6.50. The Bertz CT molecular complexity index is 245. The minimum Gasteiger partial charge on any atom is -0.369 e. The van der Waals surface area contributed by atoms with E-state index in [4.69, 9.17) is 10.5 Å². The fourth-order valence-electron chi connectivity index (χ4n) is 1.73. The molecule has 0 radical (unpaired) electrons. The molecule has 5 heteroatoms. The molecule has 1 aliphatic carbocycles. The molecular weight excluding hydrogens is 160 g/mol. The van der Waals surface area contributed by atoms with E-state index >= 15 is 0 Å². The maximum Gasteiger partial charge on any atom is 0.228 e. The Morgan fingerprint density at radius 3 is 2.92 bits per heavy atom. The number of Topliss-reactive ketones (excluding diaryl/α,β-unsaturated/α-hetero) is 1. The van der Waals surface area contributed by atoms with Crippen LogP contribution in [0.4, 0.5) is 0 Å². The van der Waals surface area contributed by atoms with Gasteiger partial charge in [0.15, 0.2) is 5.78 Å². The Morgan fingerprint density at radius 1 is 1.75 bits per heavy atom. The Morgan fingerprint density at radius 2 is 2.50 bits per heavy atom. The number of ether oxygens (including phenoxy) is 1. The molecule has 2 unspecified atom stereocenters. The molecule has 1 saturated carbocycles. The van der Waals surface area contributed by atoms with Crippen molar-refractivity contribution in [3.63, 3.8) is 0 Å². The van der Waals surface area contributed by atoms with Gasteiger partial charge in [-0.05, 0) is 6.42 Å². The van der Waals surface area contributed by atoms with Crippen LogP contribution in [-0.2, 0) is 14.3 Å². The first-order valence-corrected chi connectivity index (χ1v) is 3.82. The highest BCUT2D eigenvalue weighted by Gasteiger charge is 2.57. The number of ketones is 1. The first kappa shape index (κ1) is 7.70. The summed E-state index contributed by atoms with van der Waals surface area (Å²) in [4.78, 5) is 22.0. The Labute approximate surface area is 69.2 Å². The maximum atomic E-state index is 11.4. The molecule has 2 fully saturated rings. The SMILES string of the molecule is NC(=O)C1CC2(COCN2)C1=O. The molecular formula is C7H10N2O3. The molecule has 66 valence electrons. The molecule has 5 nitrogen and oxygen atoms in total. The largest absolute Gasteiger partial charge is 0.369 e. The van der Waals surface area contributed by atoms with Crippen molar-refractivity contribution < 1.29 is 14.3 Å². The zero-order valence-corrected chi connectivity index (χ0v) is 6.50. The van der Waals surface area contributed by atoms with Crippen LogP contribution in [0.15, 0.2) is 0 Å². The Balaban J connectivity index is 2.08. The van der Waals surface area contributed by atoms with Crippen molar-refractivity contribution >= 4 is 11.7 Å². The van der Waals surface area contributed by atoms with Crippen LogP contribution in [0.3, 0.4) is 0 Å². The fourth-order valence-corrected chi connectivity index (χ4v) is 1.73. The van der Waals surface area contributed by atoms with Gasteiger partial charge in [0.25, 0.3) is 0 Å². The molecule has 2 rings (SSSR count). The summed E-state index contributed by atoms with van der Waals surface area (Å²) in [6.45, 7) is 0.757. The summed E-state index contributed by atoms with van der Waals surface area (Å²) in [5, 5.41) is 2.92. The third-order valence-electron chi connectivity index (χ3n) is 2.55. The van der Waals surface area contributed by atoms with Gasteiger partial charge in [-0.3, -0.25) is 14.9 Å². The number of hydrogen-bond donors (Lipinski definition) is 2. The van der Waals surface area contributed by atoms with Gasteiger partial charge >= 0.3 is 0 Å². The highest BCUT2D eigenvalue weighted by Crippen LogP contribution is 2.35. The molecule has 2 atom stereocenters. The fraction of sp³-hybridized carbons (Fsp3) is 0.714. The second-order valence-corrected chi connectivity index (χ2v) is 3.28. The first-order valence-electron chi connectivity index (χ1n) is 3.82. The normalized spacial score (nSPS) is 40.0. The van der Waals surface area contributed by atoms with Crippen molar-refractivity contribution in [2.45, 2.75) is 12.0 Å². The van der Waals surface area contributed by atoms with Crippen LogP contribution in [0.2, 0.25) is 0 Å². The summed E-state index contributed by atoms with van der Waals surface area (Å²) in [7, 11) is 0. The number of nitrogens with one attached hydrogen (secondary N) is 1. The first-order chi connectivity index (χ1) is 5.66. The summed E-state index contributed by atoms with van der Waals surface area (Å²) in [5.41, 5.74) is 4.43. The van der Waals surface area contributed by atoms with Crippen molar-refractivity contribution in [3.8, 4) is 0 Å². The van der Waals surface area contributed by atoms with E-state index in [0.29, 0.717) is 19.8 Å². The van der Waals surface area contributed by atoms with Crippen molar-refractivity contribution in [2.24, 2.45) is 11.7 Å². The molecule has 1 spiro atoms. The van der Waals surface area contributed by atoms with Crippen molar-refractivity contribution in [1.29, 1.82) is 0 Å². The summed E-state index contributed by atoms with van der Waals surface area (Å²) in [5.74, 6) is -1.24. The average Bonchev–Trinajstić information content (AvgIpc) is 2.49. The lowest BCUT2D eigenvalue weighted by atomic mass is 9.67. The lowest BCUT2D eigenvalue weighted by Gasteiger charge is -2.40. The third-order valence-corrected chi connectivity index (χ3v) is 2.55. The molecule has 3 N–H and O–H groups in total. The highest BCUT2D eigenvalue weighted by atomic mass is 16.5. The van der Waals surface area contributed by atoms with Crippen molar-refractivity contribution in [2.75, 3.05) is 13.3 Å². The molecule has 1 amide bonds. The summed E-state index contributed by atoms with van der Waals surface area (Å²) in [6, 6.07) is 0. The van der Waals surface area contributed by atoms with Gasteiger partial charge in [-0.1, -0.05) is 0 Å². The van der Waals surface area contributed by atoms with Gasteiger partial charge in [0, 0.05) is 0 Å². The van der Waals surface area contributed by atoms with Gasteiger partial charge in [-0.15, -0.1) is 0 Å². The second kappa shape index (κ2) is 2.27. The topological polar surface area (TPSA) is 81.4 Å². The number of nitrogens with two attached hydrogens (primary N) is 1. The van der Waals surface area contributed by atoms with Gasteiger partial charge in [-0.2, -0.15) is 0 Å². The zero-order chi connectivity index (χ0) is 8.77. The van der Waals surface area contributed by atoms with E-state index in [0.717, 1.165) is 0 Å². The van der Waals surface area contributed by atoms with Crippen LogP contribution >= 0.6 is 0 Å². The number of rotatable bonds is 1. The van der Waals surface area contributed by atoms with Crippen molar-refractivity contribution in [3.05, 3.63) is 0 Å². The molecule has 1 saturated heterocycles. The minimum atomic E-state index is -0.598. The van der Waals surface area contributed by atoms with E-state index in [1.165, 1.54) is 0 Å². The lowest BCUT2D eigenvalue weighted by molar-refractivity contribution is -0.146. The van der Waals surface area contributed by atoms with E-state index in [2.05, 4.69) is 5.32 Å². The van der Waals surface area contributed by atoms with Gasteiger partial charge in [-0.25, -0.2) is 0 Å². The van der Waals surface area contributed by atoms with Gasteiger partial charge in [0.2, 0.25) is 5.91 Å². The van der Waals surface area contributed by atoms with Gasteiger partial charge in [0.05, 0.1) is 13.3 Å². The molecule has 2 aliphatic rings. The molecule has 12 heavy (non-hydrogen) atoms.